The van der Waals surface area contributed by atoms with Gasteiger partial charge in [-0.25, -0.2) is 8.42 Å². The van der Waals surface area contributed by atoms with E-state index < -0.39 is 10.0 Å². The number of hydrogen-bond acceptors (Lipinski definition) is 4. The van der Waals surface area contributed by atoms with Crippen molar-refractivity contribution in [2.45, 2.75) is 28.9 Å². The number of carbonyl (C=O) groups is 1. The standard InChI is InChI=1S/C18H19BrN2O3S2/c1-12-11-21(13(2)22)17-10-16(8-9-18(17)25-12)26(23,24)20(3)15-6-4-14(19)5-7-15/h4-10,12H,11H2,1-3H3/t12-/m0/s1. The van der Waals surface area contributed by atoms with Gasteiger partial charge >= 0.3 is 0 Å². The molecule has 2 aromatic rings. The van der Waals surface area contributed by atoms with E-state index in [9.17, 15) is 13.2 Å². The topological polar surface area (TPSA) is 57.7 Å². The molecule has 2 aromatic carbocycles. The molecule has 0 bridgehead atoms. The van der Waals surface area contributed by atoms with Gasteiger partial charge in [-0.15, -0.1) is 11.8 Å². The Morgan fingerprint density at radius 2 is 1.88 bits per heavy atom. The Hall–Kier alpha value is -1.51. The summed E-state index contributed by atoms with van der Waals surface area (Å²) >= 11 is 5.00. The maximum atomic E-state index is 13.0. The van der Waals surface area contributed by atoms with Crippen molar-refractivity contribution in [2.75, 3.05) is 22.8 Å². The average molecular weight is 455 g/mol. The number of hydrogen-bond donors (Lipinski definition) is 0. The molecule has 1 aliphatic rings. The van der Waals surface area contributed by atoms with Crippen LogP contribution in [0.2, 0.25) is 0 Å². The van der Waals surface area contributed by atoms with Gasteiger partial charge in [0.15, 0.2) is 0 Å². The third kappa shape index (κ3) is 3.63. The van der Waals surface area contributed by atoms with Crippen molar-refractivity contribution in [3.05, 3.63) is 46.9 Å². The third-order valence-electron chi connectivity index (χ3n) is 4.22. The fraction of sp³-hybridized carbons (Fsp3) is 0.278. The van der Waals surface area contributed by atoms with Crippen LogP contribution >= 0.6 is 27.7 Å². The summed E-state index contributed by atoms with van der Waals surface area (Å²) in [5.41, 5.74) is 1.23. The second kappa shape index (κ2) is 7.25. The molecular weight excluding hydrogens is 436 g/mol. The zero-order valence-corrected chi connectivity index (χ0v) is 17.9. The second-order valence-corrected chi connectivity index (χ2v) is 10.5. The van der Waals surface area contributed by atoms with E-state index in [0.717, 1.165) is 9.37 Å². The van der Waals surface area contributed by atoms with Crippen molar-refractivity contribution < 1.29 is 13.2 Å². The summed E-state index contributed by atoms with van der Waals surface area (Å²) in [4.78, 5) is 14.7. The number of amides is 1. The molecule has 1 aliphatic heterocycles. The number of benzene rings is 2. The first kappa shape index (κ1) is 19.3. The molecule has 1 amide bonds. The van der Waals surface area contributed by atoms with Gasteiger partial charge in [0.2, 0.25) is 5.91 Å². The summed E-state index contributed by atoms with van der Waals surface area (Å²) < 4.78 is 28.2. The van der Waals surface area contributed by atoms with E-state index in [1.54, 1.807) is 59.1 Å². The van der Waals surface area contributed by atoms with Crippen LogP contribution in [0.1, 0.15) is 13.8 Å². The summed E-state index contributed by atoms with van der Waals surface area (Å²) in [5, 5.41) is 0.263. The zero-order chi connectivity index (χ0) is 19.1. The van der Waals surface area contributed by atoms with E-state index >= 15 is 0 Å². The maximum Gasteiger partial charge on any atom is 0.264 e. The van der Waals surface area contributed by atoms with E-state index in [1.807, 2.05) is 0 Å². The lowest BCUT2D eigenvalue weighted by atomic mass is 10.2. The van der Waals surface area contributed by atoms with Crippen molar-refractivity contribution in [3.63, 3.8) is 0 Å². The van der Waals surface area contributed by atoms with E-state index in [2.05, 4.69) is 22.9 Å². The summed E-state index contributed by atoms with van der Waals surface area (Å²) in [6.07, 6.45) is 0. The van der Waals surface area contributed by atoms with Gasteiger partial charge in [0.25, 0.3) is 10.0 Å². The van der Waals surface area contributed by atoms with Gasteiger partial charge in [0, 0.05) is 35.1 Å². The zero-order valence-electron chi connectivity index (χ0n) is 14.6. The first-order valence-electron chi connectivity index (χ1n) is 8.03. The van der Waals surface area contributed by atoms with Gasteiger partial charge in [-0.2, -0.15) is 0 Å². The quantitative estimate of drug-likeness (QED) is 0.699. The number of rotatable bonds is 3. The molecule has 1 heterocycles. The molecule has 8 heteroatoms. The van der Waals surface area contributed by atoms with Crippen molar-refractivity contribution in [2.24, 2.45) is 0 Å². The van der Waals surface area contributed by atoms with Gasteiger partial charge < -0.3 is 4.90 Å². The van der Waals surface area contributed by atoms with Gasteiger partial charge in [0.1, 0.15) is 0 Å². The fourth-order valence-corrected chi connectivity index (χ4v) is 5.40. The molecule has 0 saturated carbocycles. The monoisotopic (exact) mass is 454 g/mol. The Balaban J connectivity index is 2.02. The average Bonchev–Trinajstić information content (AvgIpc) is 2.60. The van der Waals surface area contributed by atoms with E-state index in [-0.39, 0.29) is 16.1 Å². The van der Waals surface area contributed by atoms with Crippen LogP contribution in [0.25, 0.3) is 0 Å². The van der Waals surface area contributed by atoms with Crippen LogP contribution < -0.4 is 9.21 Å². The highest BCUT2D eigenvalue weighted by Crippen LogP contribution is 2.40. The molecule has 0 aliphatic carbocycles. The lowest BCUT2D eigenvalue weighted by Crippen LogP contribution is -2.37. The lowest BCUT2D eigenvalue weighted by Gasteiger charge is -2.32. The molecule has 26 heavy (non-hydrogen) atoms. The molecule has 0 spiro atoms. The van der Waals surface area contributed by atoms with Crippen LogP contribution in [0.5, 0.6) is 0 Å². The number of thioether (sulfide) groups is 1. The highest BCUT2D eigenvalue weighted by Gasteiger charge is 2.28. The smallest absolute Gasteiger partial charge is 0.264 e. The van der Waals surface area contributed by atoms with E-state index in [4.69, 9.17) is 0 Å². The SMILES string of the molecule is CC(=O)N1C[C@H](C)Sc2ccc(S(=O)(=O)N(C)c3ccc(Br)cc3)cc21. The lowest BCUT2D eigenvalue weighted by molar-refractivity contribution is -0.116. The summed E-state index contributed by atoms with van der Waals surface area (Å²) in [6, 6.07) is 12.0. The van der Waals surface area contributed by atoms with Crippen LogP contribution in [-0.2, 0) is 14.8 Å². The number of sulfonamides is 1. The highest BCUT2D eigenvalue weighted by atomic mass is 79.9. The molecule has 0 unspecified atom stereocenters. The first-order chi connectivity index (χ1) is 12.2. The molecule has 0 N–H and O–H groups in total. The van der Waals surface area contributed by atoms with Crippen LogP contribution in [0.3, 0.4) is 0 Å². The summed E-state index contributed by atoms with van der Waals surface area (Å²) in [6.45, 7) is 4.12. The first-order valence-corrected chi connectivity index (χ1v) is 11.1. The minimum absolute atomic E-state index is 0.0887. The van der Waals surface area contributed by atoms with Crippen molar-refractivity contribution >= 4 is 55.0 Å². The highest BCUT2D eigenvalue weighted by molar-refractivity contribution is 9.10. The van der Waals surface area contributed by atoms with E-state index in [1.165, 1.54) is 18.3 Å². The second-order valence-electron chi connectivity index (χ2n) is 6.14. The molecule has 0 aromatic heterocycles. The number of nitrogens with zero attached hydrogens (tertiary/aromatic N) is 2. The third-order valence-corrected chi connectivity index (χ3v) is 7.68. The molecule has 138 valence electrons. The predicted molar refractivity (Wildman–Crippen MR) is 110 cm³/mol. The molecule has 0 saturated heterocycles. The largest absolute Gasteiger partial charge is 0.310 e. The van der Waals surface area contributed by atoms with Crippen LogP contribution in [0.15, 0.2) is 56.7 Å². The maximum absolute atomic E-state index is 13.0. The van der Waals surface area contributed by atoms with Gasteiger partial charge in [-0.1, -0.05) is 22.9 Å². The van der Waals surface area contributed by atoms with Gasteiger partial charge in [-0.3, -0.25) is 9.10 Å². The molecule has 0 radical (unpaired) electrons. The van der Waals surface area contributed by atoms with E-state index in [0.29, 0.717) is 17.9 Å². The van der Waals surface area contributed by atoms with Gasteiger partial charge in [-0.05, 0) is 42.5 Å². The molecule has 1 atom stereocenters. The Morgan fingerprint density at radius 3 is 2.50 bits per heavy atom. The normalized spacial score (nSPS) is 16.9. The van der Waals surface area contributed by atoms with Crippen molar-refractivity contribution in [1.82, 2.24) is 0 Å². The fourth-order valence-electron chi connectivity index (χ4n) is 2.82. The molecule has 3 rings (SSSR count). The van der Waals surface area contributed by atoms with Crippen LogP contribution in [0.4, 0.5) is 11.4 Å². The Bertz CT molecular complexity index is 945. The minimum Gasteiger partial charge on any atom is -0.310 e. The number of halogens is 1. The Morgan fingerprint density at radius 1 is 1.23 bits per heavy atom. The summed E-state index contributed by atoms with van der Waals surface area (Å²) in [7, 11) is -2.20. The summed E-state index contributed by atoms with van der Waals surface area (Å²) in [5.74, 6) is -0.0887. The van der Waals surface area contributed by atoms with Gasteiger partial charge in [0.05, 0.1) is 16.3 Å². The number of carbonyl (C=O) groups excluding carboxylic acids is 1. The number of fused-ring (bicyclic) bond motifs is 1. The minimum atomic E-state index is -3.73. The van der Waals surface area contributed by atoms with Crippen molar-refractivity contribution in [1.29, 1.82) is 0 Å². The van der Waals surface area contributed by atoms with Crippen molar-refractivity contribution in [3.8, 4) is 0 Å². The van der Waals surface area contributed by atoms with Crippen LogP contribution in [0, 0.1) is 0 Å². The number of anilines is 2. The molecule has 5 nitrogen and oxygen atoms in total. The molecule has 0 fully saturated rings. The Labute approximate surface area is 166 Å². The molecular formula is C18H19BrN2O3S2. The van der Waals surface area contributed by atoms with Crippen LogP contribution in [-0.4, -0.2) is 33.2 Å². The predicted octanol–water partition coefficient (Wildman–Crippen LogP) is 4.12. The Kier molecular flexibility index (Phi) is 5.37.